The normalized spacial score (nSPS) is 19.5. The van der Waals surface area contributed by atoms with E-state index >= 15 is 0 Å². The van der Waals surface area contributed by atoms with Crippen molar-refractivity contribution in [1.82, 2.24) is 4.90 Å². The Balaban J connectivity index is 1.94. The number of benzene rings is 1. The number of hydrogen-bond donors (Lipinski definition) is 1. The van der Waals surface area contributed by atoms with Gasteiger partial charge in [0.15, 0.2) is 0 Å². The number of carboxylic acid groups (broad SMARTS) is 1. The van der Waals surface area contributed by atoms with E-state index in [-0.39, 0.29) is 17.6 Å². The van der Waals surface area contributed by atoms with E-state index in [1.54, 1.807) is 25.1 Å². The fourth-order valence-corrected chi connectivity index (χ4v) is 2.77. The highest BCUT2D eigenvalue weighted by Crippen LogP contribution is 2.22. The fourth-order valence-electron chi connectivity index (χ4n) is 2.77. The molecule has 2 rings (SSSR count). The van der Waals surface area contributed by atoms with E-state index in [4.69, 9.17) is 5.11 Å². The average molecular weight is 293 g/mol. The monoisotopic (exact) mass is 293 g/mol. The van der Waals surface area contributed by atoms with Gasteiger partial charge in [-0.3, -0.25) is 4.79 Å². The van der Waals surface area contributed by atoms with Gasteiger partial charge in [-0.2, -0.15) is 0 Å². The number of hydrogen-bond acceptors (Lipinski definition) is 2. The van der Waals surface area contributed by atoms with Crippen LogP contribution in [-0.4, -0.2) is 34.5 Å². The van der Waals surface area contributed by atoms with E-state index in [1.807, 2.05) is 0 Å². The summed E-state index contributed by atoms with van der Waals surface area (Å²) in [5, 5.41) is 9.12. The van der Waals surface area contributed by atoms with Gasteiger partial charge in [0.1, 0.15) is 11.9 Å². The van der Waals surface area contributed by atoms with Crippen LogP contribution in [0.3, 0.4) is 0 Å². The predicted octanol–water partition coefficient (Wildman–Crippen LogP) is 2.47. The molecule has 1 aromatic rings. The highest BCUT2D eigenvalue weighted by atomic mass is 19.1. The maximum absolute atomic E-state index is 13.5. The van der Waals surface area contributed by atoms with Gasteiger partial charge < -0.3 is 10.0 Å². The zero-order chi connectivity index (χ0) is 15.4. The van der Waals surface area contributed by atoms with Crippen LogP contribution in [0, 0.1) is 11.7 Å². The second-order valence-electron chi connectivity index (χ2n) is 5.56. The summed E-state index contributed by atoms with van der Waals surface area (Å²) in [6, 6.07) is 5.82. The molecule has 0 bridgehead atoms. The molecule has 1 aromatic carbocycles. The average Bonchev–Trinajstić information content (AvgIpc) is 2.95. The Morgan fingerprint density at radius 3 is 2.81 bits per heavy atom. The first-order chi connectivity index (χ1) is 10.0. The first kappa shape index (κ1) is 15.5. The van der Waals surface area contributed by atoms with Crippen LogP contribution in [0.25, 0.3) is 0 Å². The van der Waals surface area contributed by atoms with Gasteiger partial charge in [0.2, 0.25) is 5.91 Å². The Labute approximate surface area is 123 Å². The van der Waals surface area contributed by atoms with Crippen molar-refractivity contribution in [3.05, 3.63) is 35.6 Å². The minimum atomic E-state index is -0.942. The second kappa shape index (κ2) is 6.70. The van der Waals surface area contributed by atoms with Gasteiger partial charge in [-0.15, -0.1) is 0 Å². The molecule has 1 N–H and O–H groups in total. The molecule has 0 aliphatic carbocycles. The van der Waals surface area contributed by atoms with Crippen molar-refractivity contribution >= 4 is 11.9 Å². The summed E-state index contributed by atoms with van der Waals surface area (Å²) in [7, 11) is 0. The molecule has 1 aliphatic rings. The van der Waals surface area contributed by atoms with E-state index in [1.165, 1.54) is 11.0 Å². The lowest BCUT2D eigenvalue weighted by Crippen LogP contribution is -2.43. The minimum absolute atomic E-state index is 0.142. The molecule has 2 atom stereocenters. The summed E-state index contributed by atoms with van der Waals surface area (Å²) in [5.41, 5.74) is 0.591. The number of rotatable bonds is 5. The molecule has 1 fully saturated rings. The van der Waals surface area contributed by atoms with Crippen molar-refractivity contribution in [3.8, 4) is 0 Å². The number of carbonyl (C=O) groups is 2. The first-order valence-electron chi connectivity index (χ1n) is 7.27. The molecular weight excluding hydrogens is 273 g/mol. The molecule has 1 unspecified atom stereocenters. The summed E-state index contributed by atoms with van der Waals surface area (Å²) >= 11 is 0. The summed E-state index contributed by atoms with van der Waals surface area (Å²) in [6.07, 6.45) is 2.23. The molecule has 1 saturated heterocycles. The van der Waals surface area contributed by atoms with Crippen LogP contribution in [0.1, 0.15) is 31.7 Å². The minimum Gasteiger partial charge on any atom is -0.480 e. The number of halogens is 1. The Hall–Kier alpha value is -1.91. The van der Waals surface area contributed by atoms with Gasteiger partial charge in [0.05, 0.1) is 0 Å². The van der Waals surface area contributed by atoms with E-state index in [0.29, 0.717) is 31.4 Å². The predicted molar refractivity (Wildman–Crippen MR) is 76.3 cm³/mol. The molecule has 114 valence electrons. The SMILES string of the molecule is CC(CCc1ccccc1F)C(=O)N1CCC[C@@H]1C(=O)O. The van der Waals surface area contributed by atoms with Crippen molar-refractivity contribution in [3.63, 3.8) is 0 Å². The van der Waals surface area contributed by atoms with Gasteiger partial charge in [0, 0.05) is 12.5 Å². The zero-order valence-corrected chi connectivity index (χ0v) is 12.1. The van der Waals surface area contributed by atoms with Crippen LogP contribution in [0.15, 0.2) is 24.3 Å². The third kappa shape index (κ3) is 3.60. The molecule has 1 amide bonds. The second-order valence-corrected chi connectivity index (χ2v) is 5.56. The van der Waals surface area contributed by atoms with E-state index < -0.39 is 12.0 Å². The van der Waals surface area contributed by atoms with Gasteiger partial charge in [0.25, 0.3) is 0 Å². The third-order valence-electron chi connectivity index (χ3n) is 4.05. The lowest BCUT2D eigenvalue weighted by Gasteiger charge is -2.25. The maximum atomic E-state index is 13.5. The smallest absolute Gasteiger partial charge is 0.326 e. The highest BCUT2D eigenvalue weighted by molar-refractivity contribution is 5.85. The molecule has 5 heteroatoms. The number of aliphatic carboxylic acids is 1. The highest BCUT2D eigenvalue weighted by Gasteiger charge is 2.35. The topological polar surface area (TPSA) is 57.6 Å². The molecule has 1 aliphatic heterocycles. The molecule has 0 aromatic heterocycles. The first-order valence-corrected chi connectivity index (χ1v) is 7.27. The van der Waals surface area contributed by atoms with Crippen molar-refractivity contribution in [2.75, 3.05) is 6.54 Å². The lowest BCUT2D eigenvalue weighted by molar-refractivity contribution is -0.149. The van der Waals surface area contributed by atoms with Gasteiger partial charge in [-0.25, -0.2) is 9.18 Å². The van der Waals surface area contributed by atoms with Gasteiger partial charge >= 0.3 is 5.97 Å². The van der Waals surface area contributed by atoms with Crippen LogP contribution in [-0.2, 0) is 16.0 Å². The Morgan fingerprint density at radius 2 is 2.14 bits per heavy atom. The summed E-state index contributed by atoms with van der Waals surface area (Å²) in [5.74, 6) is -1.65. The Bertz CT molecular complexity index is 532. The number of carboxylic acids is 1. The number of amides is 1. The van der Waals surface area contributed by atoms with Crippen molar-refractivity contribution in [2.45, 2.75) is 38.6 Å². The summed E-state index contributed by atoms with van der Waals surface area (Å²) in [6.45, 7) is 2.28. The largest absolute Gasteiger partial charge is 0.480 e. The molecule has 0 radical (unpaired) electrons. The molecule has 21 heavy (non-hydrogen) atoms. The van der Waals surface area contributed by atoms with E-state index in [2.05, 4.69) is 0 Å². The number of carbonyl (C=O) groups excluding carboxylic acids is 1. The van der Waals surface area contributed by atoms with Crippen LogP contribution >= 0.6 is 0 Å². The van der Waals surface area contributed by atoms with Crippen LogP contribution in [0.4, 0.5) is 4.39 Å². The molecule has 0 spiro atoms. The van der Waals surface area contributed by atoms with Crippen LogP contribution < -0.4 is 0 Å². The lowest BCUT2D eigenvalue weighted by atomic mass is 9.99. The van der Waals surface area contributed by atoms with Crippen LogP contribution in [0.2, 0.25) is 0 Å². The molecule has 0 saturated carbocycles. The van der Waals surface area contributed by atoms with Crippen molar-refractivity contribution in [2.24, 2.45) is 5.92 Å². The number of likely N-dealkylation sites (tertiary alicyclic amines) is 1. The van der Waals surface area contributed by atoms with Crippen molar-refractivity contribution in [1.29, 1.82) is 0 Å². The third-order valence-corrected chi connectivity index (χ3v) is 4.05. The number of nitrogens with zero attached hydrogens (tertiary/aromatic N) is 1. The standard InChI is InChI=1S/C16H20FNO3/c1-11(8-9-12-5-2-3-6-13(12)17)15(19)18-10-4-7-14(18)16(20)21/h2-3,5-6,11,14H,4,7-10H2,1H3,(H,20,21)/t11?,14-/m1/s1. The van der Waals surface area contributed by atoms with Crippen molar-refractivity contribution < 1.29 is 19.1 Å². The summed E-state index contributed by atoms with van der Waals surface area (Å²) in [4.78, 5) is 24.9. The molecule has 1 heterocycles. The molecule has 4 nitrogen and oxygen atoms in total. The number of aryl methyl sites for hydroxylation is 1. The molecular formula is C16H20FNO3. The summed E-state index contributed by atoms with van der Waals surface area (Å²) < 4.78 is 13.5. The van der Waals surface area contributed by atoms with Gasteiger partial charge in [-0.05, 0) is 37.3 Å². The van der Waals surface area contributed by atoms with E-state index in [9.17, 15) is 14.0 Å². The Kier molecular flexibility index (Phi) is 4.94. The Morgan fingerprint density at radius 1 is 1.43 bits per heavy atom. The van der Waals surface area contributed by atoms with Gasteiger partial charge in [-0.1, -0.05) is 25.1 Å². The quantitative estimate of drug-likeness (QED) is 0.907. The zero-order valence-electron chi connectivity index (χ0n) is 12.1. The van der Waals surface area contributed by atoms with E-state index in [0.717, 1.165) is 6.42 Å². The van der Waals surface area contributed by atoms with Crippen LogP contribution in [0.5, 0.6) is 0 Å². The fraction of sp³-hybridized carbons (Fsp3) is 0.500. The maximum Gasteiger partial charge on any atom is 0.326 e.